The molecule has 102 valence electrons. The van der Waals surface area contributed by atoms with Crippen molar-refractivity contribution in [3.05, 3.63) is 53.6 Å². The minimum atomic E-state index is -0.0798. The largest absolute Gasteiger partial charge is 0.506 e. The van der Waals surface area contributed by atoms with Crippen LogP contribution in [0.5, 0.6) is 5.75 Å². The number of rotatable bonds is 1. The third-order valence-corrected chi connectivity index (χ3v) is 3.63. The number of amides is 1. The van der Waals surface area contributed by atoms with Crippen LogP contribution < -0.4 is 10.6 Å². The van der Waals surface area contributed by atoms with Gasteiger partial charge in [0.25, 0.3) is 5.91 Å². The molecule has 0 radical (unpaired) electrons. The fourth-order valence-electron chi connectivity index (χ4n) is 2.59. The zero-order valence-corrected chi connectivity index (χ0v) is 11.0. The number of carbonyl (C=O) groups excluding carboxylic acids is 1. The van der Waals surface area contributed by atoms with Crippen molar-refractivity contribution in [1.29, 1.82) is 0 Å². The van der Waals surface area contributed by atoms with Gasteiger partial charge in [-0.3, -0.25) is 4.79 Å². The van der Waals surface area contributed by atoms with E-state index in [0.717, 1.165) is 18.5 Å². The minimum absolute atomic E-state index is 0.000550. The molecule has 0 saturated heterocycles. The van der Waals surface area contributed by atoms with Crippen LogP contribution in [-0.4, -0.2) is 17.6 Å². The summed E-state index contributed by atoms with van der Waals surface area (Å²) in [6, 6.07) is 12.5. The molecule has 4 nitrogen and oxygen atoms in total. The normalized spacial score (nSPS) is 13.9. The number of nitrogens with zero attached hydrogens (tertiary/aromatic N) is 1. The van der Waals surface area contributed by atoms with E-state index in [1.807, 2.05) is 18.2 Å². The molecule has 2 aromatic carbocycles. The van der Waals surface area contributed by atoms with Crippen molar-refractivity contribution in [3.63, 3.8) is 0 Å². The maximum atomic E-state index is 12.6. The number of para-hydroxylation sites is 1. The van der Waals surface area contributed by atoms with Crippen LogP contribution in [0.1, 0.15) is 22.3 Å². The zero-order chi connectivity index (χ0) is 14.1. The molecule has 0 aromatic heterocycles. The molecule has 0 saturated carbocycles. The first-order valence-corrected chi connectivity index (χ1v) is 6.65. The van der Waals surface area contributed by atoms with Gasteiger partial charge in [-0.25, -0.2) is 0 Å². The van der Waals surface area contributed by atoms with Crippen LogP contribution in [0, 0.1) is 0 Å². The Morgan fingerprint density at radius 1 is 1.20 bits per heavy atom. The van der Waals surface area contributed by atoms with Crippen LogP contribution in [-0.2, 0) is 6.42 Å². The number of phenolic OH excluding ortho intramolecular Hbond substituents is 1. The Labute approximate surface area is 117 Å². The lowest BCUT2D eigenvalue weighted by molar-refractivity contribution is 0.0985. The van der Waals surface area contributed by atoms with Crippen molar-refractivity contribution < 1.29 is 9.90 Å². The van der Waals surface area contributed by atoms with E-state index in [-0.39, 0.29) is 17.3 Å². The molecule has 3 rings (SSSR count). The molecule has 0 aliphatic carbocycles. The number of anilines is 2. The predicted octanol–water partition coefficient (Wildman–Crippen LogP) is 2.57. The summed E-state index contributed by atoms with van der Waals surface area (Å²) in [5, 5.41) is 9.44. The minimum Gasteiger partial charge on any atom is -0.506 e. The molecule has 0 atom stereocenters. The van der Waals surface area contributed by atoms with Gasteiger partial charge < -0.3 is 15.7 Å². The van der Waals surface area contributed by atoms with Gasteiger partial charge in [-0.05, 0) is 42.7 Å². The topological polar surface area (TPSA) is 66.6 Å². The highest BCUT2D eigenvalue weighted by atomic mass is 16.3. The highest BCUT2D eigenvalue weighted by Gasteiger charge is 2.23. The molecule has 1 aliphatic rings. The molecular formula is C16H16N2O2. The van der Waals surface area contributed by atoms with E-state index >= 15 is 0 Å². The highest BCUT2D eigenvalue weighted by Crippen LogP contribution is 2.29. The molecule has 3 N–H and O–H groups in total. The number of aromatic hydroxyl groups is 1. The van der Waals surface area contributed by atoms with Gasteiger partial charge in [-0.1, -0.05) is 18.2 Å². The molecule has 1 heterocycles. The average Bonchev–Trinajstić information content (AvgIpc) is 2.49. The van der Waals surface area contributed by atoms with Gasteiger partial charge in [0.05, 0.1) is 5.69 Å². The lowest BCUT2D eigenvalue weighted by atomic mass is 10.0. The second-order valence-corrected chi connectivity index (χ2v) is 4.96. The summed E-state index contributed by atoms with van der Waals surface area (Å²) in [7, 11) is 0. The third-order valence-electron chi connectivity index (χ3n) is 3.63. The molecule has 1 aliphatic heterocycles. The summed E-state index contributed by atoms with van der Waals surface area (Å²) in [6.45, 7) is 0.705. The highest BCUT2D eigenvalue weighted by molar-refractivity contribution is 6.07. The fourth-order valence-corrected chi connectivity index (χ4v) is 2.59. The van der Waals surface area contributed by atoms with Crippen LogP contribution in [0.4, 0.5) is 11.4 Å². The zero-order valence-electron chi connectivity index (χ0n) is 11.0. The van der Waals surface area contributed by atoms with E-state index in [1.165, 1.54) is 17.7 Å². The fraction of sp³-hybridized carbons (Fsp3) is 0.188. The quantitative estimate of drug-likeness (QED) is 0.617. The van der Waals surface area contributed by atoms with Crippen LogP contribution in [0.25, 0.3) is 0 Å². The SMILES string of the molecule is Nc1cc(C(=O)N2CCCc3ccccc32)ccc1O. The molecule has 0 fully saturated rings. The summed E-state index contributed by atoms with van der Waals surface area (Å²) in [5.74, 6) is -0.0792. The lowest BCUT2D eigenvalue weighted by Gasteiger charge is -2.29. The van der Waals surface area contributed by atoms with Gasteiger partial charge in [0.2, 0.25) is 0 Å². The molecule has 20 heavy (non-hydrogen) atoms. The van der Waals surface area contributed by atoms with Crippen LogP contribution in [0.3, 0.4) is 0 Å². The summed E-state index contributed by atoms with van der Waals surface area (Å²) in [6.07, 6.45) is 1.95. The van der Waals surface area contributed by atoms with E-state index in [1.54, 1.807) is 11.0 Å². The van der Waals surface area contributed by atoms with Crippen molar-refractivity contribution in [2.24, 2.45) is 0 Å². The number of fused-ring (bicyclic) bond motifs is 1. The Kier molecular flexibility index (Phi) is 3.06. The van der Waals surface area contributed by atoms with Crippen LogP contribution in [0.2, 0.25) is 0 Å². The second kappa shape index (κ2) is 4.89. The molecule has 0 bridgehead atoms. The molecule has 4 heteroatoms. The maximum Gasteiger partial charge on any atom is 0.258 e. The average molecular weight is 268 g/mol. The van der Waals surface area contributed by atoms with Crippen LogP contribution in [0.15, 0.2) is 42.5 Å². The van der Waals surface area contributed by atoms with E-state index in [2.05, 4.69) is 6.07 Å². The molecular weight excluding hydrogens is 252 g/mol. The third kappa shape index (κ3) is 2.09. The smallest absolute Gasteiger partial charge is 0.258 e. The molecule has 0 unspecified atom stereocenters. The Bertz CT molecular complexity index is 667. The maximum absolute atomic E-state index is 12.6. The number of hydrogen-bond donors (Lipinski definition) is 2. The van der Waals surface area contributed by atoms with Gasteiger partial charge in [0.15, 0.2) is 0 Å². The monoisotopic (exact) mass is 268 g/mol. The second-order valence-electron chi connectivity index (χ2n) is 4.96. The first-order chi connectivity index (χ1) is 9.66. The number of phenols is 1. The molecule has 1 amide bonds. The van der Waals surface area contributed by atoms with E-state index in [0.29, 0.717) is 12.1 Å². The number of benzene rings is 2. The molecule has 2 aromatic rings. The van der Waals surface area contributed by atoms with Crippen molar-refractivity contribution in [2.45, 2.75) is 12.8 Å². The van der Waals surface area contributed by atoms with Crippen molar-refractivity contribution in [1.82, 2.24) is 0 Å². The summed E-state index contributed by atoms with van der Waals surface area (Å²) < 4.78 is 0. The van der Waals surface area contributed by atoms with E-state index in [4.69, 9.17) is 5.73 Å². The predicted molar refractivity (Wildman–Crippen MR) is 79.0 cm³/mol. The van der Waals surface area contributed by atoms with Gasteiger partial charge in [0, 0.05) is 17.8 Å². The Morgan fingerprint density at radius 2 is 2.00 bits per heavy atom. The Morgan fingerprint density at radius 3 is 2.80 bits per heavy atom. The van der Waals surface area contributed by atoms with E-state index < -0.39 is 0 Å². The number of carbonyl (C=O) groups is 1. The Balaban J connectivity index is 1.97. The lowest BCUT2D eigenvalue weighted by Crippen LogP contribution is -2.35. The summed E-state index contributed by atoms with van der Waals surface area (Å²) in [5.41, 5.74) is 8.54. The summed E-state index contributed by atoms with van der Waals surface area (Å²) >= 11 is 0. The van der Waals surface area contributed by atoms with Gasteiger partial charge in [-0.2, -0.15) is 0 Å². The number of hydrogen-bond acceptors (Lipinski definition) is 3. The number of nitrogens with two attached hydrogens (primary N) is 1. The van der Waals surface area contributed by atoms with Crippen molar-refractivity contribution >= 4 is 17.3 Å². The van der Waals surface area contributed by atoms with Crippen LogP contribution >= 0.6 is 0 Å². The molecule has 0 spiro atoms. The van der Waals surface area contributed by atoms with Crippen molar-refractivity contribution in [3.8, 4) is 5.75 Å². The van der Waals surface area contributed by atoms with E-state index in [9.17, 15) is 9.90 Å². The standard InChI is InChI=1S/C16H16N2O2/c17-13-10-12(7-8-15(13)19)16(20)18-9-3-5-11-4-1-2-6-14(11)18/h1-2,4,6-8,10,19H,3,5,9,17H2. The Hall–Kier alpha value is -2.49. The first kappa shape index (κ1) is 12.5. The van der Waals surface area contributed by atoms with Gasteiger partial charge >= 0.3 is 0 Å². The number of aryl methyl sites for hydroxylation is 1. The number of nitrogen functional groups attached to an aromatic ring is 1. The summed E-state index contributed by atoms with van der Waals surface area (Å²) in [4.78, 5) is 14.4. The van der Waals surface area contributed by atoms with Gasteiger partial charge in [-0.15, -0.1) is 0 Å². The van der Waals surface area contributed by atoms with Crippen molar-refractivity contribution in [2.75, 3.05) is 17.2 Å². The first-order valence-electron chi connectivity index (χ1n) is 6.65. The van der Waals surface area contributed by atoms with Gasteiger partial charge in [0.1, 0.15) is 5.75 Å².